The van der Waals surface area contributed by atoms with Crippen LogP contribution in [0, 0.1) is 0 Å². The van der Waals surface area contributed by atoms with Gasteiger partial charge in [-0.25, -0.2) is 4.79 Å². The summed E-state index contributed by atoms with van der Waals surface area (Å²) in [5.74, 6) is -1.73. The summed E-state index contributed by atoms with van der Waals surface area (Å²) < 4.78 is 14.3. The predicted molar refractivity (Wildman–Crippen MR) is 122 cm³/mol. The van der Waals surface area contributed by atoms with Gasteiger partial charge in [0.25, 0.3) is 5.91 Å². The van der Waals surface area contributed by atoms with Crippen LogP contribution in [0.15, 0.2) is 24.3 Å². The number of amides is 3. The van der Waals surface area contributed by atoms with Crippen LogP contribution in [0.1, 0.15) is 50.4 Å². The third kappa shape index (κ3) is 9.24. The molecule has 2 rings (SSSR count). The van der Waals surface area contributed by atoms with Crippen LogP contribution in [-0.4, -0.2) is 73.9 Å². The molecular weight excluding hydrogens is 462 g/mol. The first-order valence-electron chi connectivity index (χ1n) is 11.3. The largest absolute Gasteiger partial charge is 0.466 e. The average molecular weight is 494 g/mol. The van der Waals surface area contributed by atoms with Gasteiger partial charge in [0.15, 0.2) is 0 Å². The summed E-state index contributed by atoms with van der Waals surface area (Å²) in [5, 5.41) is 3.76. The number of nitrogens with zero attached hydrogens (tertiary/aromatic N) is 2. The number of rotatable bonds is 10. The summed E-state index contributed by atoms with van der Waals surface area (Å²) in [6.45, 7) is 4.87. The molecule has 1 fully saturated rings. The Morgan fingerprint density at radius 1 is 1.06 bits per heavy atom. The van der Waals surface area contributed by atoms with Crippen molar-refractivity contribution in [3.05, 3.63) is 29.8 Å². The van der Waals surface area contributed by atoms with E-state index in [1.54, 1.807) is 25.1 Å². The van der Waals surface area contributed by atoms with Gasteiger partial charge in [-0.3, -0.25) is 24.0 Å². The van der Waals surface area contributed by atoms with Crippen molar-refractivity contribution in [1.29, 1.82) is 0 Å². The lowest BCUT2D eigenvalue weighted by atomic mass is 10.1. The van der Waals surface area contributed by atoms with E-state index in [1.807, 2.05) is 0 Å². The Morgan fingerprint density at radius 2 is 1.77 bits per heavy atom. The lowest BCUT2D eigenvalue weighted by Crippen LogP contribution is -2.44. The first kappa shape index (κ1) is 27.6. The highest BCUT2D eigenvalue weighted by Gasteiger charge is 2.28. The van der Waals surface area contributed by atoms with Crippen LogP contribution < -0.4 is 10.4 Å². The molecule has 1 saturated heterocycles. The van der Waals surface area contributed by atoms with Gasteiger partial charge in [-0.15, -0.1) is 0 Å². The minimum atomic E-state index is -0.602. The number of carbonyl (C=O) groups is 5. The molecule has 35 heavy (non-hydrogen) atoms. The number of hydroxylamine groups is 1. The minimum Gasteiger partial charge on any atom is -0.466 e. The van der Waals surface area contributed by atoms with Crippen LogP contribution in [0.3, 0.4) is 0 Å². The maximum atomic E-state index is 12.4. The molecule has 1 aromatic rings. The SMILES string of the molecule is CCOC(=O)CCNC(=O)c1cccc(N(OC2CCN(C(=O)OCOC(C)=O)CC2)C(C)=O)c1. The average Bonchev–Trinajstić information content (AvgIpc) is 2.82. The Kier molecular flexibility index (Phi) is 10.9. The zero-order valence-electron chi connectivity index (χ0n) is 20.1. The fraction of sp³-hybridized carbons (Fsp3) is 0.522. The van der Waals surface area contributed by atoms with Gasteiger partial charge in [-0.2, -0.15) is 5.06 Å². The van der Waals surface area contributed by atoms with Gasteiger partial charge in [0.05, 0.1) is 24.8 Å². The first-order valence-corrected chi connectivity index (χ1v) is 11.3. The van der Waals surface area contributed by atoms with E-state index in [2.05, 4.69) is 10.1 Å². The van der Waals surface area contributed by atoms with Crippen LogP contribution >= 0.6 is 0 Å². The molecule has 1 aliphatic heterocycles. The molecule has 1 aliphatic rings. The van der Waals surface area contributed by atoms with Gasteiger partial charge in [-0.1, -0.05) is 6.07 Å². The summed E-state index contributed by atoms with van der Waals surface area (Å²) in [6, 6.07) is 6.36. The highest BCUT2D eigenvalue weighted by Crippen LogP contribution is 2.22. The highest BCUT2D eigenvalue weighted by atomic mass is 16.7. The number of hydrogen-bond acceptors (Lipinski definition) is 9. The maximum absolute atomic E-state index is 12.4. The van der Waals surface area contributed by atoms with Gasteiger partial charge >= 0.3 is 18.0 Å². The van der Waals surface area contributed by atoms with Crippen LogP contribution in [0.5, 0.6) is 0 Å². The van der Waals surface area contributed by atoms with Crippen molar-refractivity contribution in [3.63, 3.8) is 0 Å². The zero-order valence-corrected chi connectivity index (χ0v) is 20.1. The number of esters is 2. The summed E-state index contributed by atoms with van der Waals surface area (Å²) >= 11 is 0. The molecule has 0 spiro atoms. The monoisotopic (exact) mass is 493 g/mol. The lowest BCUT2D eigenvalue weighted by Gasteiger charge is -2.33. The molecule has 0 radical (unpaired) electrons. The number of piperidine rings is 1. The van der Waals surface area contributed by atoms with Gasteiger partial charge in [0, 0.05) is 39.0 Å². The van der Waals surface area contributed by atoms with Crippen molar-refractivity contribution < 1.29 is 43.0 Å². The molecule has 1 aromatic carbocycles. The summed E-state index contributed by atoms with van der Waals surface area (Å²) in [4.78, 5) is 66.3. The normalized spacial score (nSPS) is 13.5. The lowest BCUT2D eigenvalue weighted by molar-refractivity contribution is -0.150. The fourth-order valence-electron chi connectivity index (χ4n) is 3.25. The molecule has 0 bridgehead atoms. The molecule has 0 saturated carbocycles. The Balaban J connectivity index is 1.91. The molecule has 1 heterocycles. The Morgan fingerprint density at radius 3 is 2.40 bits per heavy atom. The van der Waals surface area contributed by atoms with E-state index < -0.39 is 30.7 Å². The first-order chi connectivity index (χ1) is 16.7. The third-order valence-corrected chi connectivity index (χ3v) is 4.95. The highest BCUT2D eigenvalue weighted by molar-refractivity contribution is 5.97. The van der Waals surface area contributed by atoms with Gasteiger partial charge in [0.1, 0.15) is 0 Å². The summed E-state index contributed by atoms with van der Waals surface area (Å²) in [5.41, 5.74) is 0.672. The quantitative estimate of drug-likeness (QED) is 0.293. The second-order valence-corrected chi connectivity index (χ2v) is 7.63. The van der Waals surface area contributed by atoms with Crippen molar-refractivity contribution in [1.82, 2.24) is 10.2 Å². The van der Waals surface area contributed by atoms with Crippen molar-refractivity contribution in [2.45, 2.75) is 46.1 Å². The van der Waals surface area contributed by atoms with Crippen molar-refractivity contribution in [3.8, 4) is 0 Å². The molecule has 0 aromatic heterocycles. The molecule has 1 N–H and O–H groups in total. The number of anilines is 1. The number of nitrogens with one attached hydrogen (secondary N) is 1. The molecule has 3 amide bonds. The van der Waals surface area contributed by atoms with Crippen molar-refractivity contribution in [2.24, 2.45) is 0 Å². The number of ether oxygens (including phenoxy) is 3. The molecule has 192 valence electrons. The Bertz CT molecular complexity index is 913. The molecule has 12 heteroatoms. The van der Waals surface area contributed by atoms with E-state index >= 15 is 0 Å². The Labute approximate surface area is 203 Å². The smallest absolute Gasteiger partial charge is 0.412 e. The van der Waals surface area contributed by atoms with E-state index in [-0.39, 0.29) is 31.6 Å². The van der Waals surface area contributed by atoms with Crippen LogP contribution in [0.4, 0.5) is 10.5 Å². The number of carbonyl (C=O) groups excluding carboxylic acids is 5. The van der Waals surface area contributed by atoms with Gasteiger partial charge < -0.3 is 24.4 Å². The molecule has 0 unspecified atom stereocenters. The van der Waals surface area contributed by atoms with Crippen LogP contribution in [0.2, 0.25) is 0 Å². The summed E-state index contributed by atoms with van der Waals surface area (Å²) in [7, 11) is 0. The number of likely N-dealkylation sites (tertiary alicyclic amines) is 1. The third-order valence-electron chi connectivity index (χ3n) is 4.95. The Hall–Kier alpha value is -3.67. The van der Waals surface area contributed by atoms with E-state index in [0.717, 1.165) is 5.06 Å². The van der Waals surface area contributed by atoms with Crippen molar-refractivity contribution >= 4 is 35.5 Å². The molecule has 0 atom stereocenters. The minimum absolute atomic E-state index is 0.0535. The van der Waals surface area contributed by atoms with E-state index in [9.17, 15) is 24.0 Å². The molecule has 12 nitrogen and oxygen atoms in total. The number of hydrogen-bond donors (Lipinski definition) is 1. The predicted octanol–water partition coefficient (Wildman–Crippen LogP) is 1.78. The van der Waals surface area contributed by atoms with E-state index in [4.69, 9.17) is 14.3 Å². The summed E-state index contributed by atoms with van der Waals surface area (Å²) in [6.07, 6.45) is -0.00731. The standard InChI is InChI=1S/C23H31N3O9/c1-4-32-21(29)8-11-24-22(30)18-6-5-7-19(14-18)26(16(2)27)35-20-9-12-25(13-10-20)23(31)34-15-33-17(3)28/h5-7,14,20H,4,8-13,15H2,1-3H3,(H,24,30). The fourth-order valence-corrected chi connectivity index (χ4v) is 3.25. The zero-order chi connectivity index (χ0) is 25.8. The second kappa shape index (κ2) is 13.9. The van der Waals surface area contributed by atoms with Crippen LogP contribution in [-0.2, 0) is 33.4 Å². The topological polar surface area (TPSA) is 141 Å². The van der Waals surface area contributed by atoms with Crippen molar-refractivity contribution in [2.75, 3.05) is 38.1 Å². The van der Waals surface area contributed by atoms with Gasteiger partial charge in [0.2, 0.25) is 12.7 Å². The van der Waals surface area contributed by atoms with E-state index in [0.29, 0.717) is 37.2 Å². The van der Waals surface area contributed by atoms with E-state index in [1.165, 1.54) is 24.8 Å². The molecule has 0 aliphatic carbocycles. The van der Waals surface area contributed by atoms with Gasteiger partial charge in [-0.05, 0) is 38.0 Å². The maximum Gasteiger partial charge on any atom is 0.412 e. The number of benzene rings is 1. The van der Waals surface area contributed by atoms with Crippen LogP contribution in [0.25, 0.3) is 0 Å². The second-order valence-electron chi connectivity index (χ2n) is 7.63. The molecular formula is C23H31N3O9.